The summed E-state index contributed by atoms with van der Waals surface area (Å²) in [7, 11) is 6.26. The van der Waals surface area contributed by atoms with Crippen LogP contribution >= 0.6 is 0 Å². The first-order valence-corrected chi connectivity index (χ1v) is 16.4. The molecule has 0 unspecified atom stereocenters. The first kappa shape index (κ1) is 34.8. The predicted molar refractivity (Wildman–Crippen MR) is 186 cm³/mol. The zero-order valence-electron chi connectivity index (χ0n) is 29.7. The van der Waals surface area contributed by atoms with E-state index in [4.69, 9.17) is 18.9 Å². The Balaban J connectivity index is 1.91. The summed E-state index contributed by atoms with van der Waals surface area (Å²) in [6, 6.07) is 0. The Bertz CT molecular complexity index is 2110. The molecule has 4 N–H and O–H groups in total. The lowest BCUT2D eigenvalue weighted by Gasteiger charge is -2.11. The summed E-state index contributed by atoms with van der Waals surface area (Å²) >= 11 is 0. The van der Waals surface area contributed by atoms with Crippen LogP contribution in [0.5, 0.6) is 0 Å². The van der Waals surface area contributed by atoms with Crippen LogP contribution in [0.3, 0.4) is 0 Å². The molecule has 1 aliphatic heterocycles. The number of esters is 2. The molecule has 2 atom stereocenters. The summed E-state index contributed by atoms with van der Waals surface area (Å²) < 4.78 is 21.7. The monoisotopic (exact) mass is 656 g/mol. The van der Waals surface area contributed by atoms with E-state index in [2.05, 4.69) is 78.9 Å². The maximum Gasteiger partial charge on any atom is 0.305 e. The number of fused-ring (bicyclic) bond motifs is 8. The molecule has 10 nitrogen and oxygen atoms in total. The topological polar surface area (TPSA) is 134 Å². The van der Waals surface area contributed by atoms with E-state index in [0.717, 1.165) is 88.7 Å². The predicted octanol–water partition coefficient (Wildman–Crippen LogP) is 3.49. The number of ether oxygens (including phenoxy) is 4. The van der Waals surface area contributed by atoms with Crippen molar-refractivity contribution in [2.45, 2.75) is 79.4 Å². The van der Waals surface area contributed by atoms with Crippen molar-refractivity contribution in [1.82, 2.24) is 19.9 Å². The van der Waals surface area contributed by atoms with E-state index in [0.29, 0.717) is 12.8 Å². The largest absolute Gasteiger partial charge is 0.469 e. The van der Waals surface area contributed by atoms with Gasteiger partial charge < -0.3 is 38.9 Å². The van der Waals surface area contributed by atoms with Gasteiger partial charge >= 0.3 is 11.9 Å². The average Bonchev–Trinajstić information content (AvgIpc) is 3.74. The molecule has 256 valence electrons. The van der Waals surface area contributed by atoms with E-state index in [9.17, 15) is 9.59 Å². The van der Waals surface area contributed by atoms with Gasteiger partial charge in [0.2, 0.25) is 0 Å². The van der Waals surface area contributed by atoms with Gasteiger partial charge in [-0.1, -0.05) is 0 Å². The van der Waals surface area contributed by atoms with Crippen LogP contribution in [0.15, 0.2) is 0 Å². The second kappa shape index (κ2) is 14.3. The Morgan fingerprint density at radius 1 is 0.542 bits per heavy atom. The molecule has 0 amide bonds. The minimum Gasteiger partial charge on any atom is -0.469 e. The maximum absolute atomic E-state index is 12.3. The molecule has 10 heteroatoms. The zero-order chi connectivity index (χ0) is 34.9. The van der Waals surface area contributed by atoms with E-state index in [-0.39, 0.29) is 37.0 Å². The lowest BCUT2D eigenvalue weighted by atomic mass is 10.0. The molecular formula is C38H48N4O6. The highest BCUT2D eigenvalue weighted by Gasteiger charge is 2.21. The molecule has 5 heterocycles. The van der Waals surface area contributed by atoms with Crippen molar-refractivity contribution < 1.29 is 28.5 Å². The molecule has 0 saturated carbocycles. The third kappa shape index (κ3) is 6.59. The number of carbonyl (C=O) groups is 2. The minimum absolute atomic E-state index is 0.150. The van der Waals surface area contributed by atoms with Gasteiger partial charge in [0.25, 0.3) is 0 Å². The summed E-state index contributed by atoms with van der Waals surface area (Å²) in [4.78, 5) is 39.2. The summed E-state index contributed by atoms with van der Waals surface area (Å²) in [5.74, 6) is -0.534. The number of methoxy groups -OCH3 is 4. The zero-order valence-corrected chi connectivity index (χ0v) is 29.7. The van der Waals surface area contributed by atoms with Crippen LogP contribution in [0.2, 0.25) is 0 Å². The Morgan fingerprint density at radius 3 is 1.65 bits per heavy atom. The minimum atomic E-state index is -0.268. The van der Waals surface area contributed by atoms with Crippen molar-refractivity contribution in [3.05, 3.63) is 88.7 Å². The van der Waals surface area contributed by atoms with Crippen molar-refractivity contribution in [2.75, 3.05) is 28.4 Å². The highest BCUT2D eigenvalue weighted by molar-refractivity contribution is 5.71. The Kier molecular flexibility index (Phi) is 10.4. The van der Waals surface area contributed by atoms with Crippen LogP contribution in [0.1, 0.15) is 106 Å². The van der Waals surface area contributed by atoms with E-state index in [1.807, 2.05) is 6.92 Å². The number of hydrogen-bond acceptors (Lipinski definition) is 6. The summed E-state index contributed by atoms with van der Waals surface area (Å²) in [6.07, 6.45) is 9.66. The first-order valence-electron chi connectivity index (χ1n) is 16.4. The van der Waals surface area contributed by atoms with Crippen molar-refractivity contribution >= 4 is 36.2 Å². The smallest absolute Gasteiger partial charge is 0.305 e. The van der Waals surface area contributed by atoms with Gasteiger partial charge in [0, 0.05) is 82.4 Å². The summed E-state index contributed by atoms with van der Waals surface area (Å²) in [5.41, 5.74) is 12.2. The van der Waals surface area contributed by atoms with Crippen LogP contribution in [0.4, 0.5) is 0 Å². The maximum atomic E-state index is 12.3. The molecule has 0 fully saturated rings. The number of aromatic nitrogens is 4. The number of hydrogen-bond donors (Lipinski definition) is 4. The van der Waals surface area contributed by atoms with Crippen LogP contribution in [-0.4, -0.2) is 60.3 Å². The van der Waals surface area contributed by atoms with E-state index < -0.39 is 0 Å². The van der Waals surface area contributed by atoms with Crippen LogP contribution < -0.4 is 21.4 Å². The number of aromatic amines is 4. The second-order valence-corrected chi connectivity index (χ2v) is 12.6. The number of nitrogens with one attached hydrogen (secondary N) is 4. The quantitative estimate of drug-likeness (QED) is 0.170. The van der Waals surface area contributed by atoms with Crippen LogP contribution in [0, 0.1) is 27.7 Å². The summed E-state index contributed by atoms with van der Waals surface area (Å²) in [5, 5.41) is 3.72. The van der Waals surface area contributed by atoms with Crippen molar-refractivity contribution in [3.63, 3.8) is 0 Å². The SMILES string of the molecule is COC(=O)CCc1c2[nH]c(c1C)C=c1[nH]c(c(C)c1[C@H](C)OC)=Cc1[nH]c(c(C)c1[C@@H](C)OC)C=c1[nH]c(c(CCC(=O)OC)c1C)=C2. The molecule has 5 rings (SSSR count). The molecule has 1 aliphatic rings. The molecule has 48 heavy (non-hydrogen) atoms. The first-order chi connectivity index (χ1) is 22.9. The fourth-order valence-electron chi connectivity index (χ4n) is 6.88. The van der Waals surface area contributed by atoms with E-state index in [1.54, 1.807) is 14.2 Å². The van der Waals surface area contributed by atoms with Gasteiger partial charge in [-0.15, -0.1) is 0 Å². The molecule has 0 aliphatic carbocycles. The van der Waals surface area contributed by atoms with E-state index >= 15 is 0 Å². The van der Waals surface area contributed by atoms with Crippen molar-refractivity contribution in [2.24, 2.45) is 0 Å². The van der Waals surface area contributed by atoms with Crippen LogP contribution in [-0.2, 0) is 41.4 Å². The Morgan fingerprint density at radius 2 is 1.02 bits per heavy atom. The molecule has 4 aromatic rings. The Hall–Kier alpha value is -4.54. The molecule has 0 aromatic carbocycles. The standard InChI is InChI=1S/C38H48N4O6/c1-19-25(11-13-35(43)47-9)31-18-32-26(12-14-36(44)48-10)20(2)28(40-32)16-33-38(24(6)46-8)22(4)30(42-33)17-34-37(23(5)45-7)21(3)29(41-34)15-27(19)39-31/h15-18,23-24,39-42H,11-14H2,1-10H3/t23-,24+/m1/s1. The third-order valence-corrected chi connectivity index (χ3v) is 9.93. The molecule has 0 radical (unpaired) electrons. The Labute approximate surface area is 280 Å². The van der Waals surface area contributed by atoms with Gasteiger partial charge in [0.05, 0.1) is 26.4 Å². The molecule has 4 aromatic heterocycles. The molecule has 0 spiro atoms. The highest BCUT2D eigenvalue weighted by Crippen LogP contribution is 2.29. The van der Waals surface area contributed by atoms with E-state index in [1.165, 1.54) is 14.2 Å². The number of H-pyrrole nitrogens is 4. The third-order valence-electron chi connectivity index (χ3n) is 9.93. The number of rotatable bonds is 10. The highest BCUT2D eigenvalue weighted by atomic mass is 16.5. The normalized spacial score (nSPS) is 13.5. The van der Waals surface area contributed by atoms with Gasteiger partial charge in [-0.05, 0) is 112 Å². The fraction of sp³-hybridized carbons (Fsp3) is 0.421. The van der Waals surface area contributed by atoms with Gasteiger partial charge in [0.15, 0.2) is 0 Å². The van der Waals surface area contributed by atoms with Gasteiger partial charge in [-0.25, -0.2) is 0 Å². The fourth-order valence-corrected chi connectivity index (χ4v) is 6.88. The van der Waals surface area contributed by atoms with Gasteiger partial charge in [0.1, 0.15) is 0 Å². The van der Waals surface area contributed by atoms with Gasteiger partial charge in [-0.2, -0.15) is 0 Å². The second-order valence-electron chi connectivity index (χ2n) is 12.6. The molecular weight excluding hydrogens is 608 g/mol. The number of carbonyl (C=O) groups excluding carboxylic acids is 2. The van der Waals surface area contributed by atoms with Crippen LogP contribution in [0.25, 0.3) is 24.3 Å². The lowest BCUT2D eigenvalue weighted by molar-refractivity contribution is -0.141. The lowest BCUT2D eigenvalue weighted by Crippen LogP contribution is -2.15. The average molecular weight is 657 g/mol. The van der Waals surface area contributed by atoms with Gasteiger partial charge in [-0.3, -0.25) is 9.59 Å². The van der Waals surface area contributed by atoms with Crippen molar-refractivity contribution in [3.8, 4) is 0 Å². The summed E-state index contributed by atoms with van der Waals surface area (Å²) in [6.45, 7) is 12.5. The molecule has 0 saturated heterocycles. The van der Waals surface area contributed by atoms with Crippen molar-refractivity contribution in [1.29, 1.82) is 0 Å². The molecule has 8 bridgehead atoms.